The van der Waals surface area contributed by atoms with Gasteiger partial charge in [0.25, 0.3) is 5.91 Å². The zero-order valence-corrected chi connectivity index (χ0v) is 13.0. The lowest BCUT2D eigenvalue weighted by atomic mass is 10.0. The van der Waals surface area contributed by atoms with Crippen LogP contribution in [0.5, 0.6) is 5.75 Å². The van der Waals surface area contributed by atoms with Crippen LogP contribution in [0.3, 0.4) is 0 Å². The Bertz CT molecular complexity index is 655. The van der Waals surface area contributed by atoms with Crippen molar-refractivity contribution in [2.45, 2.75) is 6.42 Å². The fraction of sp³-hybridized carbons (Fsp3) is 0.222. The van der Waals surface area contributed by atoms with Crippen molar-refractivity contribution < 1.29 is 19.1 Å². The first-order valence-corrected chi connectivity index (χ1v) is 7.27. The van der Waals surface area contributed by atoms with Crippen LogP contribution < -0.4 is 10.1 Å². The van der Waals surface area contributed by atoms with E-state index in [1.54, 1.807) is 0 Å². The third kappa shape index (κ3) is 5.47. The lowest BCUT2D eigenvalue weighted by molar-refractivity contribution is -0.141. The van der Waals surface area contributed by atoms with Crippen molar-refractivity contribution >= 4 is 11.9 Å². The molecule has 1 N–H and O–H groups in total. The fourth-order valence-corrected chi connectivity index (χ4v) is 2.04. The summed E-state index contributed by atoms with van der Waals surface area (Å²) in [6.45, 7) is -0.312. The molecule has 0 saturated carbocycles. The summed E-state index contributed by atoms with van der Waals surface area (Å²) in [4.78, 5) is 22.6. The summed E-state index contributed by atoms with van der Waals surface area (Å²) in [7, 11) is 1.27. The standard InChI is InChI=1S/C18H19NO4/c1-22-18(21)12-19-17(20)13-23-16-10-6-5-9-15(16)11-14-7-3-2-4-8-14/h2-10H,11-13H2,1H3,(H,19,20). The third-order valence-corrected chi connectivity index (χ3v) is 3.23. The van der Waals surface area contributed by atoms with E-state index in [2.05, 4.69) is 10.1 Å². The molecule has 0 aliphatic heterocycles. The van der Waals surface area contributed by atoms with Gasteiger partial charge in [-0.3, -0.25) is 9.59 Å². The number of rotatable bonds is 7. The highest BCUT2D eigenvalue weighted by Crippen LogP contribution is 2.21. The van der Waals surface area contributed by atoms with Crippen LogP contribution in [-0.2, 0) is 20.7 Å². The number of ether oxygens (including phenoxy) is 2. The van der Waals surface area contributed by atoms with E-state index in [9.17, 15) is 9.59 Å². The molecule has 0 aliphatic rings. The Balaban J connectivity index is 1.93. The Morgan fingerprint density at radius 1 is 1.00 bits per heavy atom. The number of nitrogens with one attached hydrogen (secondary N) is 1. The molecular weight excluding hydrogens is 294 g/mol. The molecular formula is C18H19NO4. The molecule has 0 saturated heterocycles. The number of esters is 1. The molecule has 2 aromatic carbocycles. The molecule has 120 valence electrons. The van der Waals surface area contributed by atoms with Gasteiger partial charge in [0, 0.05) is 6.42 Å². The summed E-state index contributed by atoms with van der Waals surface area (Å²) in [5, 5.41) is 2.43. The van der Waals surface area contributed by atoms with Crippen molar-refractivity contribution in [1.29, 1.82) is 0 Å². The molecule has 5 heteroatoms. The molecule has 5 nitrogen and oxygen atoms in total. The summed E-state index contributed by atoms with van der Waals surface area (Å²) in [5.74, 6) is -0.211. The number of hydrogen-bond acceptors (Lipinski definition) is 4. The number of amides is 1. The molecule has 0 atom stereocenters. The van der Waals surface area contributed by atoms with E-state index in [-0.39, 0.29) is 19.1 Å². The van der Waals surface area contributed by atoms with E-state index in [1.807, 2.05) is 54.6 Å². The van der Waals surface area contributed by atoms with Crippen molar-refractivity contribution in [2.75, 3.05) is 20.3 Å². The minimum atomic E-state index is -0.497. The average Bonchev–Trinajstić information content (AvgIpc) is 2.59. The Labute approximate surface area is 135 Å². The maximum atomic E-state index is 11.7. The van der Waals surface area contributed by atoms with E-state index in [0.717, 1.165) is 12.0 Å². The van der Waals surface area contributed by atoms with Gasteiger partial charge in [0.1, 0.15) is 12.3 Å². The summed E-state index contributed by atoms with van der Waals surface area (Å²) >= 11 is 0. The Morgan fingerprint density at radius 3 is 2.43 bits per heavy atom. The summed E-state index contributed by atoms with van der Waals surface area (Å²) < 4.78 is 10.0. The topological polar surface area (TPSA) is 64.6 Å². The molecule has 0 aliphatic carbocycles. The van der Waals surface area contributed by atoms with E-state index in [0.29, 0.717) is 5.75 Å². The Kier molecular flexibility index (Phi) is 6.17. The maximum absolute atomic E-state index is 11.7. The molecule has 0 radical (unpaired) electrons. The van der Waals surface area contributed by atoms with Gasteiger partial charge in [-0.05, 0) is 17.2 Å². The van der Waals surface area contributed by atoms with E-state index in [1.165, 1.54) is 12.7 Å². The molecule has 0 spiro atoms. The van der Waals surface area contributed by atoms with Gasteiger partial charge >= 0.3 is 5.97 Å². The highest BCUT2D eigenvalue weighted by atomic mass is 16.5. The van der Waals surface area contributed by atoms with E-state index in [4.69, 9.17) is 4.74 Å². The number of carbonyl (C=O) groups is 2. The van der Waals surface area contributed by atoms with Crippen LogP contribution in [0.1, 0.15) is 11.1 Å². The second-order valence-electron chi connectivity index (χ2n) is 4.91. The SMILES string of the molecule is COC(=O)CNC(=O)COc1ccccc1Cc1ccccc1. The minimum Gasteiger partial charge on any atom is -0.483 e. The number of benzene rings is 2. The average molecular weight is 313 g/mol. The van der Waals surface area contributed by atoms with Crippen molar-refractivity contribution in [1.82, 2.24) is 5.32 Å². The van der Waals surface area contributed by atoms with Crippen LogP contribution in [0, 0.1) is 0 Å². The van der Waals surface area contributed by atoms with Crippen molar-refractivity contribution in [3.05, 3.63) is 65.7 Å². The Morgan fingerprint density at radius 2 is 1.70 bits per heavy atom. The summed E-state index contributed by atoms with van der Waals surface area (Å²) in [6, 6.07) is 17.6. The maximum Gasteiger partial charge on any atom is 0.325 e. The zero-order valence-electron chi connectivity index (χ0n) is 13.0. The van der Waals surface area contributed by atoms with Gasteiger partial charge < -0.3 is 14.8 Å². The first kappa shape index (κ1) is 16.5. The largest absolute Gasteiger partial charge is 0.483 e. The first-order valence-electron chi connectivity index (χ1n) is 7.27. The van der Waals surface area contributed by atoms with Gasteiger partial charge in [-0.2, -0.15) is 0 Å². The van der Waals surface area contributed by atoms with Gasteiger partial charge in [0.05, 0.1) is 7.11 Å². The third-order valence-electron chi connectivity index (χ3n) is 3.23. The lowest BCUT2D eigenvalue weighted by Crippen LogP contribution is -2.33. The minimum absolute atomic E-state index is 0.150. The molecule has 2 rings (SSSR count). The zero-order chi connectivity index (χ0) is 16.5. The molecule has 0 bridgehead atoms. The van der Waals surface area contributed by atoms with Crippen molar-refractivity contribution in [3.63, 3.8) is 0 Å². The van der Waals surface area contributed by atoms with Crippen LogP contribution >= 0.6 is 0 Å². The van der Waals surface area contributed by atoms with Crippen LogP contribution in [0.4, 0.5) is 0 Å². The molecule has 0 aromatic heterocycles. The van der Waals surface area contributed by atoms with Gasteiger partial charge in [-0.1, -0.05) is 48.5 Å². The number of para-hydroxylation sites is 1. The van der Waals surface area contributed by atoms with Gasteiger partial charge in [0.15, 0.2) is 6.61 Å². The molecule has 0 heterocycles. The fourth-order valence-electron chi connectivity index (χ4n) is 2.04. The van der Waals surface area contributed by atoms with Crippen LogP contribution in [0.25, 0.3) is 0 Å². The molecule has 1 amide bonds. The first-order chi connectivity index (χ1) is 11.2. The monoisotopic (exact) mass is 313 g/mol. The van der Waals surface area contributed by atoms with Crippen LogP contribution in [0.2, 0.25) is 0 Å². The van der Waals surface area contributed by atoms with E-state index < -0.39 is 5.97 Å². The normalized spacial score (nSPS) is 9.96. The van der Waals surface area contributed by atoms with E-state index >= 15 is 0 Å². The molecule has 0 unspecified atom stereocenters. The highest BCUT2D eigenvalue weighted by molar-refractivity contribution is 5.82. The Hall–Kier alpha value is -2.82. The second-order valence-corrected chi connectivity index (χ2v) is 4.91. The second kappa shape index (κ2) is 8.58. The van der Waals surface area contributed by atoms with Gasteiger partial charge in [-0.25, -0.2) is 0 Å². The predicted octanol–water partition coefficient (Wildman–Crippen LogP) is 1.95. The predicted molar refractivity (Wildman–Crippen MR) is 86.2 cm³/mol. The molecule has 2 aromatic rings. The number of hydrogen-bond donors (Lipinski definition) is 1. The van der Waals surface area contributed by atoms with Gasteiger partial charge in [-0.15, -0.1) is 0 Å². The smallest absolute Gasteiger partial charge is 0.325 e. The lowest BCUT2D eigenvalue weighted by Gasteiger charge is -2.11. The summed E-state index contributed by atoms with van der Waals surface area (Å²) in [6.07, 6.45) is 0.723. The van der Waals surface area contributed by atoms with Crippen molar-refractivity contribution in [3.8, 4) is 5.75 Å². The number of methoxy groups -OCH3 is 1. The van der Waals surface area contributed by atoms with Crippen molar-refractivity contribution in [2.24, 2.45) is 0 Å². The van der Waals surface area contributed by atoms with Crippen LogP contribution in [-0.4, -0.2) is 32.1 Å². The molecule has 0 fully saturated rings. The highest BCUT2D eigenvalue weighted by Gasteiger charge is 2.08. The summed E-state index contributed by atoms with van der Waals surface area (Å²) in [5.41, 5.74) is 2.16. The van der Waals surface area contributed by atoms with Gasteiger partial charge in [0.2, 0.25) is 0 Å². The van der Waals surface area contributed by atoms with Crippen LogP contribution in [0.15, 0.2) is 54.6 Å². The number of carbonyl (C=O) groups excluding carboxylic acids is 2. The molecule has 23 heavy (non-hydrogen) atoms. The quantitative estimate of drug-likeness (QED) is 0.794.